The van der Waals surface area contributed by atoms with Crippen LogP contribution in [-0.2, 0) is 0 Å². The van der Waals surface area contributed by atoms with E-state index >= 15 is 0 Å². The minimum atomic E-state index is -0.278. The number of anilines is 1. The maximum absolute atomic E-state index is 11.2. The highest BCUT2D eigenvalue weighted by atomic mass is 35.5. The fourth-order valence-corrected chi connectivity index (χ4v) is 1.66. The van der Waals surface area contributed by atoms with Crippen LogP contribution in [0, 0.1) is 5.92 Å². The molecule has 0 spiro atoms. The van der Waals surface area contributed by atoms with Gasteiger partial charge in [0.25, 0.3) is 5.56 Å². The number of aromatic amines is 1. The predicted octanol–water partition coefficient (Wildman–Crippen LogP) is 1.27. The summed E-state index contributed by atoms with van der Waals surface area (Å²) < 4.78 is 0. The zero-order valence-electron chi connectivity index (χ0n) is 7.96. The first-order chi connectivity index (χ1) is 6.68. The van der Waals surface area contributed by atoms with E-state index in [4.69, 9.17) is 11.6 Å². The van der Waals surface area contributed by atoms with Gasteiger partial charge < -0.3 is 9.88 Å². The normalized spacial score (nSPS) is 15.6. The Kier molecular flexibility index (Phi) is 2.46. The van der Waals surface area contributed by atoms with Crippen molar-refractivity contribution in [1.82, 2.24) is 9.97 Å². The van der Waals surface area contributed by atoms with Gasteiger partial charge >= 0.3 is 0 Å². The Morgan fingerprint density at radius 3 is 3.07 bits per heavy atom. The molecule has 0 aromatic carbocycles. The molecule has 2 rings (SSSR count). The van der Waals surface area contributed by atoms with E-state index < -0.39 is 0 Å². The Hall–Kier alpha value is -1.03. The van der Waals surface area contributed by atoms with Crippen LogP contribution in [-0.4, -0.2) is 23.6 Å². The molecule has 0 aliphatic heterocycles. The number of nitrogens with one attached hydrogen (secondary N) is 1. The van der Waals surface area contributed by atoms with Crippen LogP contribution >= 0.6 is 11.6 Å². The summed E-state index contributed by atoms with van der Waals surface area (Å²) in [4.78, 5) is 19.6. The van der Waals surface area contributed by atoms with E-state index in [1.807, 2.05) is 11.9 Å². The van der Waals surface area contributed by atoms with Crippen molar-refractivity contribution < 1.29 is 0 Å². The van der Waals surface area contributed by atoms with Crippen LogP contribution in [0.4, 0.5) is 5.82 Å². The van der Waals surface area contributed by atoms with Crippen LogP contribution in [0.3, 0.4) is 0 Å². The molecule has 0 atom stereocenters. The van der Waals surface area contributed by atoms with E-state index in [0.29, 0.717) is 5.82 Å². The van der Waals surface area contributed by atoms with Crippen LogP contribution in [0.1, 0.15) is 12.8 Å². The van der Waals surface area contributed by atoms with Gasteiger partial charge in [-0.1, -0.05) is 11.6 Å². The van der Waals surface area contributed by atoms with Crippen LogP contribution in [0.5, 0.6) is 0 Å². The molecule has 0 radical (unpaired) electrons. The average molecular weight is 214 g/mol. The summed E-state index contributed by atoms with van der Waals surface area (Å²) >= 11 is 5.84. The molecular weight excluding hydrogens is 202 g/mol. The van der Waals surface area contributed by atoms with Gasteiger partial charge in [0, 0.05) is 13.6 Å². The van der Waals surface area contributed by atoms with Crippen molar-refractivity contribution in [2.75, 3.05) is 18.5 Å². The average Bonchev–Trinajstić information content (AvgIpc) is 2.93. The largest absolute Gasteiger partial charge is 0.358 e. The molecule has 1 aromatic heterocycles. The Bertz CT molecular complexity index is 386. The fourth-order valence-electron chi connectivity index (χ4n) is 1.41. The molecule has 1 aliphatic rings. The first kappa shape index (κ1) is 9.52. The molecular formula is C9H12ClN3O. The van der Waals surface area contributed by atoms with Crippen molar-refractivity contribution in [1.29, 1.82) is 0 Å². The van der Waals surface area contributed by atoms with Crippen molar-refractivity contribution in [3.63, 3.8) is 0 Å². The molecule has 0 bridgehead atoms. The molecule has 1 saturated carbocycles. The lowest BCUT2D eigenvalue weighted by Gasteiger charge is -2.17. The second kappa shape index (κ2) is 3.61. The molecule has 1 aromatic rings. The van der Waals surface area contributed by atoms with E-state index in [9.17, 15) is 4.79 Å². The van der Waals surface area contributed by atoms with Crippen molar-refractivity contribution in [3.05, 3.63) is 21.7 Å². The van der Waals surface area contributed by atoms with Crippen molar-refractivity contribution in [3.8, 4) is 0 Å². The van der Waals surface area contributed by atoms with E-state index in [0.717, 1.165) is 12.5 Å². The van der Waals surface area contributed by atoms with Crippen LogP contribution in [0.25, 0.3) is 0 Å². The summed E-state index contributed by atoms with van der Waals surface area (Å²) in [5.41, 5.74) is -0.278. The fraction of sp³-hybridized carbons (Fsp3) is 0.556. The minimum absolute atomic E-state index is 0.177. The van der Waals surface area contributed by atoms with Gasteiger partial charge in [-0.25, -0.2) is 4.98 Å². The molecule has 1 N–H and O–H groups in total. The van der Waals surface area contributed by atoms with Crippen molar-refractivity contribution in [2.45, 2.75) is 12.8 Å². The molecule has 0 unspecified atom stereocenters. The summed E-state index contributed by atoms with van der Waals surface area (Å²) in [5, 5.41) is 0.177. The topological polar surface area (TPSA) is 49.0 Å². The van der Waals surface area contributed by atoms with Gasteiger partial charge in [-0.15, -0.1) is 0 Å². The maximum atomic E-state index is 11.2. The van der Waals surface area contributed by atoms with E-state index in [2.05, 4.69) is 9.97 Å². The van der Waals surface area contributed by atoms with Gasteiger partial charge in [0.1, 0.15) is 5.02 Å². The van der Waals surface area contributed by atoms with Crippen molar-refractivity contribution >= 4 is 17.4 Å². The number of nitrogens with zero attached hydrogens (tertiary/aromatic N) is 2. The molecule has 0 amide bonds. The zero-order chi connectivity index (χ0) is 10.1. The number of aromatic nitrogens is 2. The van der Waals surface area contributed by atoms with Gasteiger partial charge in [0.05, 0.1) is 6.33 Å². The van der Waals surface area contributed by atoms with E-state index in [1.54, 1.807) is 0 Å². The SMILES string of the molecule is CN(CC1CC1)c1nc[nH]c(=O)c1Cl. The third kappa shape index (κ3) is 1.90. The Morgan fingerprint density at radius 1 is 1.71 bits per heavy atom. The third-order valence-corrected chi connectivity index (χ3v) is 2.71. The van der Waals surface area contributed by atoms with Crippen LogP contribution in [0.2, 0.25) is 5.02 Å². The number of halogens is 1. The zero-order valence-corrected chi connectivity index (χ0v) is 8.71. The van der Waals surface area contributed by atoms with Gasteiger partial charge in [-0.05, 0) is 18.8 Å². The summed E-state index contributed by atoms with van der Waals surface area (Å²) in [6, 6.07) is 0. The molecule has 0 saturated heterocycles. The summed E-state index contributed by atoms with van der Waals surface area (Å²) in [6.07, 6.45) is 3.92. The number of H-pyrrole nitrogens is 1. The number of hydrogen-bond donors (Lipinski definition) is 1. The molecule has 76 valence electrons. The lowest BCUT2D eigenvalue weighted by molar-refractivity contribution is 0.774. The second-order valence-electron chi connectivity index (χ2n) is 3.69. The highest BCUT2D eigenvalue weighted by molar-refractivity contribution is 6.32. The second-order valence-corrected chi connectivity index (χ2v) is 4.07. The highest BCUT2D eigenvalue weighted by Crippen LogP contribution is 2.31. The molecule has 1 fully saturated rings. The van der Waals surface area contributed by atoms with Gasteiger partial charge in [-0.2, -0.15) is 0 Å². The quantitative estimate of drug-likeness (QED) is 0.823. The Labute approximate surface area is 86.9 Å². The standard InChI is InChI=1S/C9H12ClN3O/c1-13(4-6-2-3-6)8-7(10)9(14)12-5-11-8/h5-6H,2-4H2,1H3,(H,11,12,14). The predicted molar refractivity (Wildman–Crippen MR) is 55.9 cm³/mol. The van der Waals surface area contributed by atoms with E-state index in [1.165, 1.54) is 19.2 Å². The van der Waals surface area contributed by atoms with Gasteiger partial charge in [0.15, 0.2) is 5.82 Å². The van der Waals surface area contributed by atoms with Crippen LogP contribution in [0.15, 0.2) is 11.1 Å². The highest BCUT2D eigenvalue weighted by Gasteiger charge is 2.24. The summed E-state index contributed by atoms with van der Waals surface area (Å²) in [5.74, 6) is 1.32. The first-order valence-corrected chi connectivity index (χ1v) is 5.00. The molecule has 5 heteroatoms. The number of hydrogen-bond acceptors (Lipinski definition) is 3. The Balaban J connectivity index is 2.21. The molecule has 1 heterocycles. The lowest BCUT2D eigenvalue weighted by Crippen LogP contribution is -2.24. The summed E-state index contributed by atoms with van der Waals surface area (Å²) in [7, 11) is 1.91. The molecule has 14 heavy (non-hydrogen) atoms. The lowest BCUT2D eigenvalue weighted by atomic mass is 10.4. The Morgan fingerprint density at radius 2 is 2.43 bits per heavy atom. The monoisotopic (exact) mass is 213 g/mol. The smallest absolute Gasteiger partial charge is 0.271 e. The minimum Gasteiger partial charge on any atom is -0.358 e. The van der Waals surface area contributed by atoms with Crippen molar-refractivity contribution in [2.24, 2.45) is 5.92 Å². The van der Waals surface area contributed by atoms with Gasteiger partial charge in [0.2, 0.25) is 0 Å². The molecule has 4 nitrogen and oxygen atoms in total. The maximum Gasteiger partial charge on any atom is 0.271 e. The first-order valence-electron chi connectivity index (χ1n) is 4.63. The third-order valence-electron chi connectivity index (χ3n) is 2.37. The van der Waals surface area contributed by atoms with Gasteiger partial charge in [-0.3, -0.25) is 4.79 Å². The van der Waals surface area contributed by atoms with Crippen LogP contribution < -0.4 is 10.5 Å². The number of rotatable bonds is 3. The van der Waals surface area contributed by atoms with E-state index in [-0.39, 0.29) is 10.6 Å². The summed E-state index contributed by atoms with van der Waals surface area (Å²) in [6.45, 7) is 0.927. The molecule has 1 aliphatic carbocycles.